The van der Waals surface area contributed by atoms with Crippen molar-refractivity contribution in [1.82, 2.24) is 0 Å². The van der Waals surface area contributed by atoms with E-state index in [1.165, 1.54) is 0 Å². The van der Waals surface area contributed by atoms with Crippen LogP contribution in [0.4, 0.5) is 0 Å². The minimum Gasteiger partial charge on any atom is -0.394 e. The first-order valence-corrected chi connectivity index (χ1v) is 3.69. The number of epoxide rings is 1. The molecular formula is C6H13ClO3. The summed E-state index contributed by atoms with van der Waals surface area (Å²) in [6.07, 6.45) is 0.816. The van der Waals surface area contributed by atoms with Gasteiger partial charge in [-0.15, -0.1) is 0 Å². The zero-order valence-corrected chi connectivity index (χ0v) is 6.71. The van der Waals surface area contributed by atoms with Crippen molar-refractivity contribution >= 4 is 11.6 Å². The van der Waals surface area contributed by atoms with Crippen molar-refractivity contribution in [2.24, 2.45) is 0 Å². The van der Waals surface area contributed by atoms with Gasteiger partial charge < -0.3 is 14.9 Å². The van der Waals surface area contributed by atoms with Gasteiger partial charge in [-0.25, -0.2) is 0 Å². The second kappa shape index (κ2) is 5.92. The molecule has 0 radical (unpaired) electrons. The molecule has 0 aromatic heterocycles. The Kier molecular flexibility index (Phi) is 6.02. The standard InChI is InChI=1S/C3H7ClO.C3H6O2/c1-2-3(4)5;4-1-3-2-5-3/h3,5H,2H2,1H3;3-4H,1-2H2. The van der Waals surface area contributed by atoms with Crippen molar-refractivity contribution in [3.63, 3.8) is 0 Å². The molecule has 0 aromatic rings. The quantitative estimate of drug-likeness (QED) is 0.462. The van der Waals surface area contributed by atoms with Crippen LogP contribution in [0.2, 0.25) is 0 Å². The fraction of sp³-hybridized carbons (Fsp3) is 1.00. The molecule has 2 N–H and O–H groups in total. The minimum absolute atomic E-state index is 0.190. The average molecular weight is 169 g/mol. The highest BCUT2D eigenvalue weighted by molar-refractivity contribution is 6.19. The van der Waals surface area contributed by atoms with Crippen molar-refractivity contribution in [2.75, 3.05) is 13.2 Å². The molecule has 0 bridgehead atoms. The van der Waals surface area contributed by atoms with Crippen LogP contribution in [-0.4, -0.2) is 35.1 Å². The number of rotatable bonds is 2. The van der Waals surface area contributed by atoms with Gasteiger partial charge in [-0.05, 0) is 6.42 Å². The predicted octanol–water partition coefficient (Wildman–Crippen LogP) is 0.331. The van der Waals surface area contributed by atoms with Gasteiger partial charge in [0.1, 0.15) is 11.7 Å². The van der Waals surface area contributed by atoms with E-state index in [-0.39, 0.29) is 12.7 Å². The fourth-order valence-corrected chi connectivity index (χ4v) is 0.173. The second-order valence-corrected chi connectivity index (χ2v) is 2.48. The molecule has 0 spiro atoms. The van der Waals surface area contributed by atoms with Crippen molar-refractivity contribution in [2.45, 2.75) is 25.0 Å². The topological polar surface area (TPSA) is 53.0 Å². The summed E-state index contributed by atoms with van der Waals surface area (Å²) in [4.78, 5) is 0. The lowest BCUT2D eigenvalue weighted by atomic mass is 10.5. The summed E-state index contributed by atoms with van der Waals surface area (Å²) in [6, 6.07) is 0. The molecule has 0 aromatic carbocycles. The Balaban J connectivity index is 0.000000162. The van der Waals surface area contributed by atoms with Crippen molar-refractivity contribution in [3.05, 3.63) is 0 Å². The first-order chi connectivity index (χ1) is 4.70. The average Bonchev–Trinajstić information content (AvgIpc) is 2.70. The Morgan fingerprint density at radius 2 is 2.20 bits per heavy atom. The van der Waals surface area contributed by atoms with Crippen LogP contribution in [0.3, 0.4) is 0 Å². The number of halogens is 1. The summed E-state index contributed by atoms with van der Waals surface area (Å²) in [5.74, 6) is 0. The maximum atomic E-state index is 8.13. The SMILES string of the molecule is CCC(O)Cl.OCC1CO1. The lowest BCUT2D eigenvalue weighted by molar-refractivity contribution is 0.244. The lowest BCUT2D eigenvalue weighted by Crippen LogP contribution is -1.88. The number of ether oxygens (including phenoxy) is 1. The highest BCUT2D eigenvalue weighted by Gasteiger charge is 2.19. The highest BCUT2D eigenvalue weighted by atomic mass is 35.5. The van der Waals surface area contributed by atoms with Gasteiger partial charge >= 0.3 is 0 Å². The summed E-state index contributed by atoms with van der Waals surface area (Å²) < 4.78 is 4.61. The van der Waals surface area contributed by atoms with Crippen LogP contribution in [0, 0.1) is 0 Å². The van der Waals surface area contributed by atoms with Gasteiger partial charge in [-0.2, -0.15) is 0 Å². The van der Waals surface area contributed by atoms with E-state index in [0.717, 1.165) is 6.61 Å². The number of hydrogen-bond donors (Lipinski definition) is 2. The highest BCUT2D eigenvalue weighted by Crippen LogP contribution is 2.04. The van der Waals surface area contributed by atoms with E-state index in [1.54, 1.807) is 0 Å². The third kappa shape index (κ3) is 8.17. The summed E-state index contributed by atoms with van der Waals surface area (Å²) in [7, 11) is 0. The third-order valence-corrected chi connectivity index (χ3v) is 1.25. The van der Waals surface area contributed by atoms with E-state index >= 15 is 0 Å². The van der Waals surface area contributed by atoms with E-state index in [2.05, 4.69) is 4.74 Å². The van der Waals surface area contributed by atoms with E-state index in [9.17, 15) is 0 Å². The molecule has 1 rings (SSSR count). The van der Waals surface area contributed by atoms with Gasteiger partial charge in [0, 0.05) is 0 Å². The van der Waals surface area contributed by atoms with E-state index < -0.39 is 5.56 Å². The Labute approximate surface area is 65.6 Å². The third-order valence-electron chi connectivity index (χ3n) is 0.943. The first kappa shape index (κ1) is 10.2. The van der Waals surface area contributed by atoms with Gasteiger partial charge in [0.05, 0.1) is 13.2 Å². The van der Waals surface area contributed by atoms with Gasteiger partial charge in [0.15, 0.2) is 0 Å². The van der Waals surface area contributed by atoms with Gasteiger partial charge in [-0.1, -0.05) is 18.5 Å². The Morgan fingerprint density at radius 1 is 1.80 bits per heavy atom. The van der Waals surface area contributed by atoms with Gasteiger partial charge in [-0.3, -0.25) is 0 Å². The molecule has 1 saturated heterocycles. The zero-order chi connectivity index (χ0) is 7.98. The number of alkyl halides is 1. The van der Waals surface area contributed by atoms with Crippen LogP contribution in [0.1, 0.15) is 13.3 Å². The van der Waals surface area contributed by atoms with E-state index in [1.807, 2.05) is 6.92 Å². The lowest BCUT2D eigenvalue weighted by Gasteiger charge is -1.87. The Bertz CT molecular complexity index is 71.4. The van der Waals surface area contributed by atoms with Crippen LogP contribution in [0.25, 0.3) is 0 Å². The number of aliphatic hydroxyl groups excluding tert-OH is 2. The van der Waals surface area contributed by atoms with Crippen LogP contribution in [0.15, 0.2) is 0 Å². The Hall–Kier alpha value is 0.170. The second-order valence-electron chi connectivity index (χ2n) is 1.98. The molecule has 1 heterocycles. The molecule has 0 saturated carbocycles. The van der Waals surface area contributed by atoms with Crippen LogP contribution in [-0.2, 0) is 4.74 Å². The van der Waals surface area contributed by atoms with E-state index in [0.29, 0.717) is 6.42 Å². The number of hydrogen-bond acceptors (Lipinski definition) is 3. The van der Waals surface area contributed by atoms with Crippen molar-refractivity contribution < 1.29 is 14.9 Å². The van der Waals surface area contributed by atoms with Crippen LogP contribution in [0.5, 0.6) is 0 Å². The van der Waals surface area contributed by atoms with Crippen molar-refractivity contribution in [3.8, 4) is 0 Å². The summed E-state index contributed by atoms with van der Waals surface area (Å²) >= 11 is 5.02. The molecule has 10 heavy (non-hydrogen) atoms. The molecule has 1 aliphatic rings. The molecule has 2 atom stereocenters. The smallest absolute Gasteiger partial charge is 0.127 e. The summed E-state index contributed by atoms with van der Waals surface area (Å²) in [6.45, 7) is 2.77. The molecule has 3 nitrogen and oxygen atoms in total. The summed E-state index contributed by atoms with van der Waals surface area (Å²) in [5, 5.41) is 16.2. The minimum atomic E-state index is -0.644. The molecule has 4 heteroatoms. The molecule has 1 aliphatic heterocycles. The van der Waals surface area contributed by atoms with Crippen LogP contribution < -0.4 is 0 Å². The predicted molar refractivity (Wildman–Crippen MR) is 39.0 cm³/mol. The normalized spacial score (nSPS) is 24.6. The van der Waals surface area contributed by atoms with Gasteiger partial charge in [0.25, 0.3) is 0 Å². The molecule has 0 aliphatic carbocycles. The fourth-order valence-electron chi connectivity index (χ4n) is 0.173. The van der Waals surface area contributed by atoms with Gasteiger partial charge in [0.2, 0.25) is 0 Å². The monoisotopic (exact) mass is 168 g/mol. The number of aliphatic hydroxyl groups is 2. The Morgan fingerprint density at radius 3 is 2.20 bits per heavy atom. The molecule has 0 amide bonds. The first-order valence-electron chi connectivity index (χ1n) is 3.25. The summed E-state index contributed by atoms with van der Waals surface area (Å²) in [5.41, 5.74) is -0.644. The maximum Gasteiger partial charge on any atom is 0.127 e. The van der Waals surface area contributed by atoms with Crippen molar-refractivity contribution in [1.29, 1.82) is 0 Å². The zero-order valence-electron chi connectivity index (χ0n) is 5.96. The van der Waals surface area contributed by atoms with Crippen LogP contribution >= 0.6 is 11.6 Å². The molecule has 62 valence electrons. The largest absolute Gasteiger partial charge is 0.394 e. The molecule has 2 unspecified atom stereocenters. The molecular weight excluding hydrogens is 156 g/mol. The molecule has 1 fully saturated rings. The van der Waals surface area contributed by atoms with E-state index in [4.69, 9.17) is 21.8 Å². The maximum absolute atomic E-state index is 8.13.